The second kappa shape index (κ2) is 6.69. The number of nitrogens with zero attached hydrogens (tertiary/aromatic N) is 4. The Morgan fingerprint density at radius 3 is 2.63 bits per heavy atom. The van der Waals surface area contributed by atoms with Gasteiger partial charge in [-0.15, -0.1) is 11.8 Å². The lowest BCUT2D eigenvalue weighted by atomic mass is 10.0. The summed E-state index contributed by atoms with van der Waals surface area (Å²) in [5.41, 5.74) is 12.1. The Morgan fingerprint density at radius 1 is 1.22 bits per heavy atom. The lowest BCUT2D eigenvalue weighted by Gasteiger charge is -2.33. The zero-order chi connectivity index (χ0) is 19.0. The number of carbonyl (C=O) groups is 2. The van der Waals surface area contributed by atoms with Gasteiger partial charge in [-0.05, 0) is 12.0 Å². The minimum atomic E-state index is -0.651. The molecule has 0 spiro atoms. The molecule has 2 aromatic rings. The van der Waals surface area contributed by atoms with Crippen molar-refractivity contribution < 1.29 is 14.3 Å². The molecule has 9 nitrogen and oxygen atoms in total. The monoisotopic (exact) mass is 386 g/mol. The standard InChI is InChI=1S/C17H18N6O3S/c18-15-20-12(21-16(19)22-15)8-26-14(25)11-9-27-17(7-6-13(24)23(11)17)10-4-2-1-3-5-10/h1-5,11H,6-9H2,(H4,18,19,20,21,22)/t11-,17+/m0/s1. The van der Waals surface area contributed by atoms with Crippen LogP contribution >= 0.6 is 11.8 Å². The highest BCUT2D eigenvalue weighted by Crippen LogP contribution is 2.54. The van der Waals surface area contributed by atoms with Gasteiger partial charge in [0, 0.05) is 12.2 Å². The highest BCUT2D eigenvalue weighted by Gasteiger charge is 2.57. The van der Waals surface area contributed by atoms with Crippen molar-refractivity contribution in [2.75, 3.05) is 17.2 Å². The quantitative estimate of drug-likeness (QED) is 0.726. The molecule has 2 aliphatic rings. The molecule has 1 amide bonds. The van der Waals surface area contributed by atoms with Gasteiger partial charge in [0.15, 0.2) is 12.4 Å². The number of anilines is 2. The normalized spacial score (nSPS) is 24.1. The first-order valence-corrected chi connectivity index (χ1v) is 9.42. The Balaban J connectivity index is 1.52. The third kappa shape index (κ3) is 3.05. The van der Waals surface area contributed by atoms with Crippen LogP contribution < -0.4 is 11.5 Å². The van der Waals surface area contributed by atoms with Crippen LogP contribution in [0.25, 0.3) is 0 Å². The van der Waals surface area contributed by atoms with Gasteiger partial charge in [0.1, 0.15) is 10.9 Å². The van der Waals surface area contributed by atoms with Crippen LogP contribution in [0.15, 0.2) is 30.3 Å². The molecule has 2 saturated heterocycles. The maximum Gasteiger partial charge on any atom is 0.330 e. The second-order valence-corrected chi connectivity index (χ2v) is 7.61. The van der Waals surface area contributed by atoms with E-state index in [0.29, 0.717) is 18.6 Å². The number of carbonyl (C=O) groups excluding carboxylic acids is 2. The van der Waals surface area contributed by atoms with Crippen molar-refractivity contribution in [2.24, 2.45) is 0 Å². The van der Waals surface area contributed by atoms with E-state index in [1.807, 2.05) is 30.3 Å². The van der Waals surface area contributed by atoms with Gasteiger partial charge in [-0.25, -0.2) is 4.79 Å². The van der Waals surface area contributed by atoms with E-state index in [9.17, 15) is 9.59 Å². The van der Waals surface area contributed by atoms with Crippen LogP contribution in [0.2, 0.25) is 0 Å². The Morgan fingerprint density at radius 2 is 1.93 bits per heavy atom. The van der Waals surface area contributed by atoms with E-state index in [1.165, 1.54) is 0 Å². The first-order valence-electron chi connectivity index (χ1n) is 8.44. The highest BCUT2D eigenvalue weighted by molar-refractivity contribution is 8.00. The Kier molecular flexibility index (Phi) is 4.34. The number of nitrogen functional groups attached to an aromatic ring is 2. The second-order valence-electron chi connectivity index (χ2n) is 6.32. The van der Waals surface area contributed by atoms with Crippen LogP contribution in [-0.2, 0) is 25.8 Å². The SMILES string of the molecule is Nc1nc(N)nc(COC(=O)[C@@H]2CS[C@@]3(c4ccccc4)CCC(=O)N23)n1. The third-order valence-corrected chi connectivity index (χ3v) is 6.28. The van der Waals surface area contributed by atoms with Crippen LogP contribution in [0.1, 0.15) is 24.2 Å². The number of ether oxygens (including phenoxy) is 1. The van der Waals surface area contributed by atoms with E-state index in [0.717, 1.165) is 5.56 Å². The summed E-state index contributed by atoms with van der Waals surface area (Å²) in [4.78, 5) is 37.8. The number of hydrogen-bond donors (Lipinski definition) is 2. The molecule has 0 aliphatic carbocycles. The molecule has 3 heterocycles. The summed E-state index contributed by atoms with van der Waals surface area (Å²) in [6, 6.07) is 9.13. The van der Waals surface area contributed by atoms with Gasteiger partial charge in [0.05, 0.1) is 0 Å². The minimum absolute atomic E-state index is 0.0391. The number of rotatable bonds is 4. The van der Waals surface area contributed by atoms with E-state index in [1.54, 1.807) is 16.7 Å². The van der Waals surface area contributed by atoms with Crippen LogP contribution in [0.5, 0.6) is 0 Å². The fourth-order valence-electron chi connectivity index (χ4n) is 3.57. The van der Waals surface area contributed by atoms with Gasteiger partial charge in [0.2, 0.25) is 17.8 Å². The lowest BCUT2D eigenvalue weighted by Crippen LogP contribution is -2.46. The smallest absolute Gasteiger partial charge is 0.330 e. The van der Waals surface area contributed by atoms with Gasteiger partial charge < -0.3 is 21.1 Å². The molecule has 4 N–H and O–H groups in total. The highest BCUT2D eigenvalue weighted by atomic mass is 32.2. The maximum atomic E-state index is 12.7. The maximum absolute atomic E-state index is 12.7. The van der Waals surface area contributed by atoms with Gasteiger partial charge >= 0.3 is 5.97 Å². The molecule has 140 valence electrons. The van der Waals surface area contributed by atoms with Crippen molar-refractivity contribution in [3.63, 3.8) is 0 Å². The van der Waals surface area contributed by atoms with Gasteiger partial charge in [0.25, 0.3) is 0 Å². The van der Waals surface area contributed by atoms with Crippen LogP contribution in [0.4, 0.5) is 11.9 Å². The van der Waals surface area contributed by atoms with Crippen LogP contribution in [-0.4, -0.2) is 43.5 Å². The summed E-state index contributed by atoms with van der Waals surface area (Å²) in [7, 11) is 0. The summed E-state index contributed by atoms with van der Waals surface area (Å²) in [6.07, 6.45) is 1.08. The molecular formula is C17H18N6O3S. The van der Waals surface area contributed by atoms with Crippen molar-refractivity contribution in [3.05, 3.63) is 41.7 Å². The predicted molar refractivity (Wildman–Crippen MR) is 98.9 cm³/mol. The summed E-state index contributed by atoms with van der Waals surface area (Å²) >= 11 is 1.60. The number of aromatic nitrogens is 3. The topological polar surface area (TPSA) is 137 Å². The minimum Gasteiger partial charge on any atom is -0.456 e. The molecule has 0 saturated carbocycles. The molecule has 2 fully saturated rings. The van der Waals surface area contributed by atoms with Crippen LogP contribution in [0.3, 0.4) is 0 Å². The molecule has 1 aromatic heterocycles. The fourth-order valence-corrected chi connectivity index (χ4v) is 5.21. The summed E-state index contributed by atoms with van der Waals surface area (Å²) in [5, 5.41) is 0. The number of nitrogens with two attached hydrogens (primary N) is 2. The molecule has 2 aliphatic heterocycles. The van der Waals surface area contributed by atoms with E-state index >= 15 is 0 Å². The van der Waals surface area contributed by atoms with Gasteiger partial charge in [-0.3, -0.25) is 4.79 Å². The number of hydrogen-bond acceptors (Lipinski definition) is 9. The number of esters is 1. The average Bonchev–Trinajstić information content (AvgIpc) is 3.19. The summed E-state index contributed by atoms with van der Waals surface area (Å²) in [5.74, 6) is 0.0280. The first-order chi connectivity index (χ1) is 13.0. The molecule has 0 radical (unpaired) electrons. The van der Waals surface area contributed by atoms with Gasteiger partial charge in [-0.1, -0.05) is 30.3 Å². The zero-order valence-corrected chi connectivity index (χ0v) is 15.2. The largest absolute Gasteiger partial charge is 0.456 e. The summed E-state index contributed by atoms with van der Waals surface area (Å²) < 4.78 is 5.35. The Hall–Kier alpha value is -2.88. The molecule has 4 rings (SSSR count). The number of benzene rings is 1. The summed E-state index contributed by atoms with van der Waals surface area (Å²) in [6.45, 7) is -0.183. The fraction of sp³-hybridized carbons (Fsp3) is 0.353. The van der Waals surface area contributed by atoms with Crippen molar-refractivity contribution in [2.45, 2.75) is 30.4 Å². The third-order valence-electron chi connectivity index (χ3n) is 4.68. The van der Waals surface area contributed by atoms with E-state index in [4.69, 9.17) is 16.2 Å². The number of fused-ring (bicyclic) bond motifs is 1. The Bertz CT molecular complexity index is 875. The van der Waals surface area contributed by atoms with E-state index < -0.39 is 16.9 Å². The average molecular weight is 386 g/mol. The molecule has 2 atom stereocenters. The molecule has 1 aromatic carbocycles. The molecule has 0 unspecified atom stereocenters. The van der Waals surface area contributed by atoms with E-state index in [2.05, 4.69) is 15.0 Å². The van der Waals surface area contributed by atoms with Gasteiger partial charge in [-0.2, -0.15) is 15.0 Å². The predicted octanol–water partition coefficient (Wildman–Crippen LogP) is 0.670. The first kappa shape index (κ1) is 17.5. The molecular weight excluding hydrogens is 368 g/mol. The molecule has 27 heavy (non-hydrogen) atoms. The number of amides is 1. The van der Waals surface area contributed by atoms with Crippen molar-refractivity contribution in [1.29, 1.82) is 0 Å². The molecule has 10 heteroatoms. The zero-order valence-electron chi connectivity index (χ0n) is 14.4. The van der Waals surface area contributed by atoms with Crippen molar-refractivity contribution >= 4 is 35.5 Å². The van der Waals surface area contributed by atoms with Crippen molar-refractivity contribution in [3.8, 4) is 0 Å². The van der Waals surface area contributed by atoms with Crippen molar-refractivity contribution in [1.82, 2.24) is 19.9 Å². The van der Waals surface area contributed by atoms with Crippen LogP contribution in [0, 0.1) is 0 Å². The van der Waals surface area contributed by atoms with E-state index in [-0.39, 0.29) is 30.2 Å². The number of thioether (sulfide) groups is 1. The lowest BCUT2D eigenvalue weighted by molar-refractivity contribution is -0.155. The Labute approximate surface area is 159 Å². The molecule has 0 bridgehead atoms.